The van der Waals surface area contributed by atoms with Gasteiger partial charge in [-0.15, -0.1) is 0 Å². The topological polar surface area (TPSA) is 35.5 Å². The third-order valence-electron chi connectivity index (χ3n) is 2.24. The predicted molar refractivity (Wildman–Crippen MR) is 45.1 cm³/mol. The van der Waals surface area contributed by atoms with Crippen LogP contribution in [0.2, 0.25) is 0 Å². The molecule has 0 aromatic rings. The number of hydrogen-bond acceptors (Lipinski definition) is 3. The summed E-state index contributed by atoms with van der Waals surface area (Å²) in [4.78, 5) is 11.1. The molecule has 0 aliphatic carbocycles. The van der Waals surface area contributed by atoms with Crippen LogP contribution >= 0.6 is 0 Å². The Balaban J connectivity index is 2.40. The lowest BCUT2D eigenvalue weighted by atomic mass is 9.92. The largest absolute Gasteiger partial charge is 0.385 e. The van der Waals surface area contributed by atoms with E-state index in [0.717, 1.165) is 6.42 Å². The van der Waals surface area contributed by atoms with E-state index in [1.165, 1.54) is 0 Å². The molecule has 12 heavy (non-hydrogen) atoms. The van der Waals surface area contributed by atoms with Crippen LogP contribution in [0.1, 0.15) is 26.2 Å². The van der Waals surface area contributed by atoms with Gasteiger partial charge in [-0.1, -0.05) is 0 Å². The summed E-state index contributed by atoms with van der Waals surface area (Å²) in [5, 5.41) is 0. The molecule has 0 spiro atoms. The first-order valence-corrected chi connectivity index (χ1v) is 4.31. The molecular formula is C9H16O3. The van der Waals surface area contributed by atoms with E-state index >= 15 is 0 Å². The Labute approximate surface area is 73.0 Å². The summed E-state index contributed by atoms with van der Waals surface area (Å²) >= 11 is 0. The maximum absolute atomic E-state index is 11.1. The Morgan fingerprint density at radius 1 is 1.67 bits per heavy atom. The first-order chi connectivity index (χ1) is 5.66. The predicted octanol–water partition coefficient (Wildman–Crippen LogP) is 1.16. The van der Waals surface area contributed by atoms with Crippen molar-refractivity contribution in [2.24, 2.45) is 0 Å². The van der Waals surface area contributed by atoms with Crippen LogP contribution in [0.4, 0.5) is 0 Å². The average molecular weight is 172 g/mol. The molecule has 1 rings (SSSR count). The van der Waals surface area contributed by atoms with Crippen molar-refractivity contribution in [1.29, 1.82) is 0 Å². The molecule has 1 atom stereocenters. The van der Waals surface area contributed by atoms with Gasteiger partial charge in [-0.3, -0.25) is 4.79 Å². The van der Waals surface area contributed by atoms with Gasteiger partial charge in [-0.2, -0.15) is 0 Å². The van der Waals surface area contributed by atoms with Crippen LogP contribution in [-0.2, 0) is 14.3 Å². The summed E-state index contributed by atoms with van der Waals surface area (Å²) in [6, 6.07) is 0. The summed E-state index contributed by atoms with van der Waals surface area (Å²) in [6.07, 6.45) is 1.91. The third-order valence-corrected chi connectivity index (χ3v) is 2.24. The second-order valence-electron chi connectivity index (χ2n) is 3.51. The highest BCUT2D eigenvalue weighted by Gasteiger charge is 2.31. The SMILES string of the molecule is COCCC1(C)CC(=O)CCO1. The maximum Gasteiger partial charge on any atom is 0.138 e. The van der Waals surface area contributed by atoms with E-state index in [4.69, 9.17) is 9.47 Å². The summed E-state index contributed by atoms with van der Waals surface area (Å²) in [7, 11) is 1.66. The molecule has 1 fully saturated rings. The van der Waals surface area contributed by atoms with Gasteiger partial charge >= 0.3 is 0 Å². The van der Waals surface area contributed by atoms with E-state index in [1.54, 1.807) is 7.11 Å². The zero-order valence-corrected chi connectivity index (χ0v) is 7.76. The Bertz CT molecular complexity index is 167. The Morgan fingerprint density at radius 3 is 3.00 bits per heavy atom. The van der Waals surface area contributed by atoms with Crippen molar-refractivity contribution >= 4 is 5.78 Å². The molecule has 3 nitrogen and oxygen atoms in total. The van der Waals surface area contributed by atoms with E-state index in [-0.39, 0.29) is 5.60 Å². The molecule has 0 amide bonds. The second kappa shape index (κ2) is 4.01. The lowest BCUT2D eigenvalue weighted by Crippen LogP contribution is -2.38. The zero-order chi connectivity index (χ0) is 9.03. The fourth-order valence-electron chi connectivity index (χ4n) is 1.45. The van der Waals surface area contributed by atoms with E-state index in [0.29, 0.717) is 31.8 Å². The van der Waals surface area contributed by atoms with E-state index in [2.05, 4.69) is 0 Å². The second-order valence-corrected chi connectivity index (χ2v) is 3.51. The minimum absolute atomic E-state index is 0.272. The Morgan fingerprint density at radius 2 is 2.42 bits per heavy atom. The van der Waals surface area contributed by atoms with Crippen molar-refractivity contribution in [2.75, 3.05) is 20.3 Å². The van der Waals surface area contributed by atoms with Gasteiger partial charge in [0.25, 0.3) is 0 Å². The van der Waals surface area contributed by atoms with Crippen LogP contribution in [0.25, 0.3) is 0 Å². The number of carbonyl (C=O) groups is 1. The van der Waals surface area contributed by atoms with Gasteiger partial charge in [-0.05, 0) is 13.3 Å². The zero-order valence-electron chi connectivity index (χ0n) is 7.76. The van der Waals surface area contributed by atoms with Crippen LogP contribution in [0.5, 0.6) is 0 Å². The van der Waals surface area contributed by atoms with Gasteiger partial charge in [0.05, 0.1) is 12.2 Å². The number of Topliss-reactive ketones (excluding diaryl/α,β-unsaturated/α-hetero) is 1. The number of hydrogen-bond donors (Lipinski definition) is 0. The average Bonchev–Trinajstić information content (AvgIpc) is 2.01. The standard InChI is InChI=1S/C9H16O3/c1-9(4-6-11-2)7-8(10)3-5-12-9/h3-7H2,1-2H3. The molecular weight excluding hydrogens is 156 g/mol. The van der Waals surface area contributed by atoms with Crippen molar-refractivity contribution < 1.29 is 14.3 Å². The van der Waals surface area contributed by atoms with Crippen LogP contribution in [-0.4, -0.2) is 31.7 Å². The Kier molecular flexibility index (Phi) is 3.23. The van der Waals surface area contributed by atoms with E-state index < -0.39 is 0 Å². The molecule has 0 bridgehead atoms. The van der Waals surface area contributed by atoms with Gasteiger partial charge in [0.1, 0.15) is 5.78 Å². The van der Waals surface area contributed by atoms with Crippen molar-refractivity contribution in [3.8, 4) is 0 Å². The first kappa shape index (κ1) is 9.68. The monoisotopic (exact) mass is 172 g/mol. The normalized spacial score (nSPS) is 30.7. The lowest BCUT2D eigenvalue weighted by molar-refractivity contribution is -0.139. The molecule has 0 radical (unpaired) electrons. The van der Waals surface area contributed by atoms with Gasteiger partial charge in [0, 0.05) is 26.6 Å². The molecule has 1 saturated heterocycles. The molecule has 1 aliphatic rings. The molecule has 3 heteroatoms. The van der Waals surface area contributed by atoms with Crippen LogP contribution in [0.15, 0.2) is 0 Å². The lowest BCUT2D eigenvalue weighted by Gasteiger charge is -2.32. The highest BCUT2D eigenvalue weighted by Crippen LogP contribution is 2.25. The molecule has 0 aromatic heterocycles. The highest BCUT2D eigenvalue weighted by atomic mass is 16.5. The number of rotatable bonds is 3. The summed E-state index contributed by atoms with van der Waals surface area (Å²) < 4.78 is 10.5. The molecule has 1 aliphatic heterocycles. The Hall–Kier alpha value is -0.410. The van der Waals surface area contributed by atoms with Gasteiger partial charge < -0.3 is 9.47 Å². The molecule has 1 heterocycles. The summed E-state index contributed by atoms with van der Waals surface area (Å²) in [5.74, 6) is 0.305. The van der Waals surface area contributed by atoms with E-state index in [1.807, 2.05) is 6.92 Å². The minimum atomic E-state index is -0.272. The number of methoxy groups -OCH3 is 1. The van der Waals surface area contributed by atoms with Crippen molar-refractivity contribution in [1.82, 2.24) is 0 Å². The number of ether oxygens (including phenoxy) is 2. The van der Waals surface area contributed by atoms with E-state index in [9.17, 15) is 4.79 Å². The summed E-state index contributed by atoms with van der Waals surface area (Å²) in [6.45, 7) is 3.20. The smallest absolute Gasteiger partial charge is 0.138 e. The molecule has 0 N–H and O–H groups in total. The van der Waals surface area contributed by atoms with Crippen molar-refractivity contribution in [3.05, 3.63) is 0 Å². The van der Waals surface area contributed by atoms with Crippen LogP contribution < -0.4 is 0 Å². The maximum atomic E-state index is 11.1. The van der Waals surface area contributed by atoms with Gasteiger partial charge in [0.15, 0.2) is 0 Å². The van der Waals surface area contributed by atoms with Crippen LogP contribution in [0, 0.1) is 0 Å². The minimum Gasteiger partial charge on any atom is -0.385 e. The van der Waals surface area contributed by atoms with Crippen molar-refractivity contribution in [2.45, 2.75) is 31.8 Å². The fourth-order valence-corrected chi connectivity index (χ4v) is 1.45. The summed E-state index contributed by atoms with van der Waals surface area (Å²) in [5.41, 5.74) is -0.272. The quantitative estimate of drug-likeness (QED) is 0.641. The highest BCUT2D eigenvalue weighted by molar-refractivity contribution is 5.80. The molecule has 70 valence electrons. The third kappa shape index (κ3) is 2.57. The molecule has 1 unspecified atom stereocenters. The van der Waals surface area contributed by atoms with Gasteiger partial charge in [0.2, 0.25) is 0 Å². The number of carbonyl (C=O) groups excluding carboxylic acids is 1. The first-order valence-electron chi connectivity index (χ1n) is 4.31. The number of ketones is 1. The van der Waals surface area contributed by atoms with Crippen LogP contribution in [0.3, 0.4) is 0 Å². The fraction of sp³-hybridized carbons (Fsp3) is 0.889. The molecule has 0 aromatic carbocycles. The van der Waals surface area contributed by atoms with Crippen molar-refractivity contribution in [3.63, 3.8) is 0 Å². The van der Waals surface area contributed by atoms with Gasteiger partial charge in [-0.25, -0.2) is 0 Å². The molecule has 0 saturated carbocycles.